The Hall–Kier alpha value is -3.09. The summed E-state index contributed by atoms with van der Waals surface area (Å²) in [5.41, 5.74) is 2.64. The highest BCUT2D eigenvalue weighted by atomic mass is 16.6. The van der Waals surface area contributed by atoms with Crippen LogP contribution in [0.1, 0.15) is 49.4 Å². The third kappa shape index (κ3) is 4.81. The number of carbonyl (C=O) groups is 1. The van der Waals surface area contributed by atoms with Gasteiger partial charge in [-0.2, -0.15) is 0 Å². The number of para-hydroxylation sites is 2. The second-order valence-electron chi connectivity index (χ2n) is 8.65. The van der Waals surface area contributed by atoms with E-state index in [2.05, 4.69) is 22.0 Å². The minimum atomic E-state index is -0.385. The molecule has 2 fully saturated rings. The second-order valence-corrected chi connectivity index (χ2v) is 8.65. The summed E-state index contributed by atoms with van der Waals surface area (Å²) in [7, 11) is 0. The first kappa shape index (κ1) is 21.2. The van der Waals surface area contributed by atoms with Crippen LogP contribution in [0.4, 0.5) is 22.7 Å². The van der Waals surface area contributed by atoms with Gasteiger partial charge in [-0.05, 0) is 62.3 Å². The molecule has 0 bridgehead atoms. The molecular formula is C24H30N4O3. The Morgan fingerprint density at radius 2 is 1.65 bits per heavy atom. The molecule has 1 N–H and O–H groups in total. The van der Waals surface area contributed by atoms with Crippen molar-refractivity contribution in [1.82, 2.24) is 0 Å². The van der Waals surface area contributed by atoms with Crippen molar-refractivity contribution < 1.29 is 9.72 Å². The molecule has 31 heavy (non-hydrogen) atoms. The summed E-state index contributed by atoms with van der Waals surface area (Å²) in [6.07, 6.45) is 5.48. The van der Waals surface area contributed by atoms with Crippen molar-refractivity contribution in [3.63, 3.8) is 0 Å². The second kappa shape index (κ2) is 9.37. The molecule has 2 aliphatic heterocycles. The molecule has 0 aromatic heterocycles. The number of nitro groups is 1. The van der Waals surface area contributed by atoms with Crippen molar-refractivity contribution in [3.05, 3.63) is 58.1 Å². The molecule has 1 amide bonds. The number of amides is 1. The molecule has 0 spiro atoms. The fraction of sp³-hybridized carbons (Fsp3) is 0.458. The first-order valence-electron chi connectivity index (χ1n) is 11.2. The molecule has 0 saturated carbocycles. The summed E-state index contributed by atoms with van der Waals surface area (Å²) >= 11 is 0. The normalized spacial score (nSPS) is 17.5. The fourth-order valence-electron chi connectivity index (χ4n) is 4.51. The zero-order valence-corrected chi connectivity index (χ0v) is 18.0. The van der Waals surface area contributed by atoms with Gasteiger partial charge in [-0.25, -0.2) is 0 Å². The van der Waals surface area contributed by atoms with Gasteiger partial charge >= 0.3 is 0 Å². The van der Waals surface area contributed by atoms with E-state index in [9.17, 15) is 14.9 Å². The minimum Gasteiger partial charge on any atom is -0.370 e. The molecule has 0 aliphatic carbocycles. The maximum Gasteiger partial charge on any atom is 0.293 e. The average Bonchev–Trinajstić information content (AvgIpc) is 2.80. The summed E-state index contributed by atoms with van der Waals surface area (Å²) in [6, 6.07) is 12.6. The average molecular weight is 423 g/mol. The molecule has 2 heterocycles. The quantitative estimate of drug-likeness (QED) is 0.537. The fourth-order valence-corrected chi connectivity index (χ4v) is 4.51. The summed E-state index contributed by atoms with van der Waals surface area (Å²) < 4.78 is 0. The molecule has 4 rings (SSSR count). The Morgan fingerprint density at radius 3 is 2.35 bits per heavy atom. The van der Waals surface area contributed by atoms with E-state index in [4.69, 9.17) is 0 Å². The molecule has 2 aromatic rings. The third-order valence-corrected chi connectivity index (χ3v) is 6.41. The van der Waals surface area contributed by atoms with Crippen LogP contribution in [0, 0.1) is 16.0 Å². The Bertz CT molecular complexity index is 948. The van der Waals surface area contributed by atoms with Crippen LogP contribution in [-0.4, -0.2) is 37.0 Å². The van der Waals surface area contributed by atoms with Gasteiger partial charge in [0.1, 0.15) is 5.69 Å². The summed E-state index contributed by atoms with van der Waals surface area (Å²) in [5.74, 6) is 0.392. The molecule has 0 atom stereocenters. The van der Waals surface area contributed by atoms with Crippen molar-refractivity contribution >= 4 is 28.7 Å². The van der Waals surface area contributed by atoms with E-state index in [0.29, 0.717) is 11.3 Å². The van der Waals surface area contributed by atoms with Crippen LogP contribution in [-0.2, 0) is 0 Å². The van der Waals surface area contributed by atoms with Crippen LogP contribution < -0.4 is 15.1 Å². The summed E-state index contributed by atoms with van der Waals surface area (Å²) in [6.45, 7) is 5.82. The Morgan fingerprint density at radius 1 is 0.968 bits per heavy atom. The molecule has 2 saturated heterocycles. The van der Waals surface area contributed by atoms with E-state index in [1.54, 1.807) is 12.1 Å². The zero-order valence-electron chi connectivity index (χ0n) is 18.0. The topological polar surface area (TPSA) is 78.7 Å². The van der Waals surface area contributed by atoms with Gasteiger partial charge in [0.15, 0.2) is 0 Å². The Labute approximate surface area is 183 Å². The monoisotopic (exact) mass is 422 g/mol. The number of hydrogen-bond acceptors (Lipinski definition) is 5. The first-order chi connectivity index (χ1) is 15.0. The van der Waals surface area contributed by atoms with Crippen LogP contribution in [0.2, 0.25) is 0 Å². The van der Waals surface area contributed by atoms with Gasteiger partial charge in [-0.1, -0.05) is 19.1 Å². The summed E-state index contributed by atoms with van der Waals surface area (Å²) in [5, 5.41) is 14.7. The summed E-state index contributed by atoms with van der Waals surface area (Å²) in [4.78, 5) is 28.7. The van der Waals surface area contributed by atoms with Crippen molar-refractivity contribution in [2.24, 2.45) is 5.92 Å². The maximum absolute atomic E-state index is 13.0. The highest BCUT2D eigenvalue weighted by Gasteiger charge is 2.24. The number of rotatable bonds is 5. The van der Waals surface area contributed by atoms with Crippen LogP contribution in [0.15, 0.2) is 42.5 Å². The van der Waals surface area contributed by atoms with Crippen LogP contribution >= 0.6 is 0 Å². The maximum atomic E-state index is 13.0. The highest BCUT2D eigenvalue weighted by molar-refractivity contribution is 6.06. The number of hydrogen-bond donors (Lipinski definition) is 1. The Balaban J connectivity index is 1.55. The Kier molecular flexibility index (Phi) is 6.39. The van der Waals surface area contributed by atoms with E-state index >= 15 is 0 Å². The van der Waals surface area contributed by atoms with E-state index in [0.717, 1.165) is 75.6 Å². The van der Waals surface area contributed by atoms with Gasteiger partial charge in [0.25, 0.3) is 11.6 Å². The lowest BCUT2D eigenvalue weighted by Crippen LogP contribution is -2.33. The molecule has 164 valence electrons. The molecule has 7 heteroatoms. The van der Waals surface area contributed by atoms with Gasteiger partial charge in [0.05, 0.1) is 16.3 Å². The van der Waals surface area contributed by atoms with E-state index in [1.165, 1.54) is 6.07 Å². The lowest BCUT2D eigenvalue weighted by Gasteiger charge is -2.33. The SMILES string of the molecule is CC1CCN(c2ccccc2NC(=O)c2ccc(N3CCCCC3)c([N+](=O)[O-])c2)CC1. The van der Waals surface area contributed by atoms with Gasteiger partial charge in [-0.15, -0.1) is 0 Å². The molecular weight excluding hydrogens is 392 g/mol. The lowest BCUT2D eigenvalue weighted by molar-refractivity contribution is -0.384. The predicted molar refractivity (Wildman–Crippen MR) is 124 cm³/mol. The molecule has 2 aliphatic rings. The van der Waals surface area contributed by atoms with Crippen LogP contribution in [0.25, 0.3) is 0 Å². The van der Waals surface area contributed by atoms with Crippen LogP contribution in [0.5, 0.6) is 0 Å². The number of benzene rings is 2. The van der Waals surface area contributed by atoms with Crippen molar-refractivity contribution in [2.75, 3.05) is 41.3 Å². The lowest BCUT2D eigenvalue weighted by atomic mass is 9.98. The van der Waals surface area contributed by atoms with Gasteiger partial charge in [0, 0.05) is 37.8 Å². The number of carbonyl (C=O) groups excluding carboxylic acids is 1. The number of anilines is 3. The van der Waals surface area contributed by atoms with Crippen molar-refractivity contribution in [3.8, 4) is 0 Å². The molecule has 2 aromatic carbocycles. The molecule has 0 radical (unpaired) electrons. The minimum absolute atomic E-state index is 0.00662. The van der Waals surface area contributed by atoms with E-state index in [-0.39, 0.29) is 16.5 Å². The van der Waals surface area contributed by atoms with Gasteiger partial charge < -0.3 is 15.1 Å². The predicted octanol–water partition coefficient (Wildman–Crippen LogP) is 5.07. The molecule has 7 nitrogen and oxygen atoms in total. The van der Waals surface area contributed by atoms with Crippen LogP contribution in [0.3, 0.4) is 0 Å². The van der Waals surface area contributed by atoms with Gasteiger partial charge in [0.2, 0.25) is 0 Å². The number of nitrogens with zero attached hydrogens (tertiary/aromatic N) is 3. The smallest absolute Gasteiger partial charge is 0.293 e. The van der Waals surface area contributed by atoms with E-state index in [1.807, 2.05) is 24.3 Å². The number of piperidine rings is 2. The number of nitrogens with one attached hydrogen (secondary N) is 1. The highest BCUT2D eigenvalue weighted by Crippen LogP contribution is 2.33. The molecule has 0 unspecified atom stereocenters. The zero-order chi connectivity index (χ0) is 21.8. The standard InChI is InChI=1S/C24H30N4O3/c1-18-11-15-27(16-12-18)21-8-4-3-7-20(21)25-24(29)19-9-10-22(23(17-19)28(30)31)26-13-5-2-6-14-26/h3-4,7-10,17-18H,2,5-6,11-16H2,1H3,(H,25,29). The largest absolute Gasteiger partial charge is 0.370 e. The third-order valence-electron chi connectivity index (χ3n) is 6.41. The van der Waals surface area contributed by atoms with Crippen molar-refractivity contribution in [1.29, 1.82) is 0 Å². The van der Waals surface area contributed by atoms with E-state index < -0.39 is 0 Å². The van der Waals surface area contributed by atoms with Gasteiger partial charge in [-0.3, -0.25) is 14.9 Å². The number of nitro benzene ring substituents is 1. The first-order valence-corrected chi connectivity index (χ1v) is 11.2. The van der Waals surface area contributed by atoms with Crippen molar-refractivity contribution in [2.45, 2.75) is 39.0 Å².